The number of nitrogens with zero attached hydrogens (tertiary/aromatic N) is 5. The Bertz CT molecular complexity index is 1440. The van der Waals surface area contributed by atoms with Crippen molar-refractivity contribution in [1.82, 2.24) is 14.8 Å². The third kappa shape index (κ3) is 4.18. The van der Waals surface area contributed by atoms with Crippen LogP contribution in [0.15, 0.2) is 70.9 Å². The topological polar surface area (TPSA) is 125 Å². The summed E-state index contributed by atoms with van der Waals surface area (Å²) in [5.41, 5.74) is 17.4. The molecule has 0 bridgehead atoms. The number of primary amides is 1. The fourth-order valence-corrected chi connectivity index (χ4v) is 3.58. The summed E-state index contributed by atoms with van der Waals surface area (Å²) >= 11 is 0. The lowest BCUT2D eigenvalue weighted by molar-refractivity contribution is 0.100. The summed E-state index contributed by atoms with van der Waals surface area (Å²) in [6.45, 7) is 5.53. The summed E-state index contributed by atoms with van der Waals surface area (Å²) in [5.74, 6) is -0.783. The number of amides is 1. The molecule has 4 aromatic rings. The summed E-state index contributed by atoms with van der Waals surface area (Å²) in [6, 6.07) is 13.5. The zero-order chi connectivity index (χ0) is 24.4. The maximum atomic E-state index is 13.6. The lowest BCUT2D eigenvalue weighted by atomic mass is 9.95. The van der Waals surface area contributed by atoms with Gasteiger partial charge in [-0.3, -0.25) is 14.8 Å². The maximum Gasteiger partial charge on any atom is 0.251 e. The number of aliphatic imine (C=N–C) groups is 2. The molecule has 4 N–H and O–H groups in total. The van der Waals surface area contributed by atoms with E-state index in [0.717, 1.165) is 16.8 Å². The second-order valence-electron chi connectivity index (χ2n) is 7.53. The van der Waals surface area contributed by atoms with Crippen LogP contribution in [-0.4, -0.2) is 40.1 Å². The first kappa shape index (κ1) is 22.5. The van der Waals surface area contributed by atoms with Gasteiger partial charge in [0.25, 0.3) is 5.91 Å². The molecule has 0 atom stereocenters. The summed E-state index contributed by atoms with van der Waals surface area (Å²) < 4.78 is 15.0. The van der Waals surface area contributed by atoms with Gasteiger partial charge in [-0.25, -0.2) is 14.1 Å². The third-order valence-electron chi connectivity index (χ3n) is 5.47. The van der Waals surface area contributed by atoms with Crippen LogP contribution in [0.3, 0.4) is 0 Å². The molecule has 0 spiro atoms. The molecule has 170 valence electrons. The number of nitrogen functional groups attached to an aromatic ring is 1. The normalized spacial score (nSPS) is 11.4. The Kier molecular flexibility index (Phi) is 6.01. The van der Waals surface area contributed by atoms with Crippen LogP contribution >= 0.6 is 0 Å². The van der Waals surface area contributed by atoms with Crippen molar-refractivity contribution in [2.75, 3.05) is 12.8 Å². The molecule has 2 heterocycles. The zero-order valence-electron chi connectivity index (χ0n) is 18.7. The smallest absolute Gasteiger partial charge is 0.251 e. The number of pyridine rings is 1. The zero-order valence-corrected chi connectivity index (χ0v) is 18.7. The molecule has 0 aliphatic heterocycles. The molecular weight excluding hydrogens is 433 g/mol. The SMILES string of the molecule is C=Nc1ccc(-c2cc(-n3cc(C(N)=O)cn3)c(N)nc2-c2ccc(F)cc2)cc1/C(C)=N\C. The van der Waals surface area contributed by atoms with Crippen LogP contribution in [0.2, 0.25) is 0 Å². The summed E-state index contributed by atoms with van der Waals surface area (Å²) in [5, 5.41) is 4.21. The van der Waals surface area contributed by atoms with Crippen molar-refractivity contribution in [3.8, 4) is 28.1 Å². The van der Waals surface area contributed by atoms with E-state index >= 15 is 0 Å². The van der Waals surface area contributed by atoms with Gasteiger partial charge in [-0.1, -0.05) is 6.07 Å². The fourth-order valence-electron chi connectivity index (χ4n) is 3.58. The number of rotatable bonds is 6. The first-order valence-electron chi connectivity index (χ1n) is 10.3. The van der Waals surface area contributed by atoms with Crippen molar-refractivity contribution >= 4 is 29.8 Å². The fraction of sp³-hybridized carbons (Fsp3) is 0.0800. The minimum Gasteiger partial charge on any atom is -0.382 e. The monoisotopic (exact) mass is 455 g/mol. The average Bonchev–Trinajstić information content (AvgIpc) is 3.34. The molecule has 0 saturated heterocycles. The molecule has 0 fully saturated rings. The number of aromatic nitrogens is 3. The lowest BCUT2D eigenvalue weighted by Gasteiger charge is -2.16. The first-order chi connectivity index (χ1) is 16.3. The number of nitrogens with two attached hydrogens (primary N) is 2. The molecule has 0 unspecified atom stereocenters. The van der Waals surface area contributed by atoms with Gasteiger partial charge in [0.15, 0.2) is 0 Å². The Balaban J connectivity index is 1.99. The standard InChI is InChI=1S/C25H22FN7O/c1-14(29-2)19-10-16(6-9-21(19)30-3)20-11-22(33-13-17(12-31-33)25(28)34)24(27)32-23(20)15-4-7-18(26)8-5-15/h4-13H,3H2,1-2H3,(H2,27,32)(H2,28,34)/b29-14-. The van der Waals surface area contributed by atoms with E-state index in [0.29, 0.717) is 28.2 Å². The Morgan fingerprint density at radius 2 is 1.82 bits per heavy atom. The Labute approximate surface area is 195 Å². The lowest BCUT2D eigenvalue weighted by Crippen LogP contribution is -2.10. The van der Waals surface area contributed by atoms with Crippen molar-refractivity contribution in [2.24, 2.45) is 15.7 Å². The molecule has 0 radical (unpaired) electrons. The third-order valence-corrected chi connectivity index (χ3v) is 5.47. The van der Waals surface area contributed by atoms with Gasteiger partial charge in [-0.15, -0.1) is 0 Å². The van der Waals surface area contributed by atoms with Gasteiger partial charge in [-0.2, -0.15) is 5.10 Å². The van der Waals surface area contributed by atoms with Crippen molar-refractivity contribution in [3.05, 3.63) is 77.9 Å². The predicted molar refractivity (Wildman–Crippen MR) is 132 cm³/mol. The van der Waals surface area contributed by atoms with Crippen LogP contribution in [0.25, 0.3) is 28.1 Å². The molecule has 0 aliphatic carbocycles. The molecule has 2 aromatic heterocycles. The molecule has 1 amide bonds. The highest BCUT2D eigenvalue weighted by atomic mass is 19.1. The maximum absolute atomic E-state index is 13.6. The van der Waals surface area contributed by atoms with Gasteiger partial charge in [0.2, 0.25) is 0 Å². The number of carbonyl (C=O) groups is 1. The average molecular weight is 455 g/mol. The number of hydrogen-bond acceptors (Lipinski definition) is 6. The van der Waals surface area contributed by atoms with Crippen LogP contribution in [0.4, 0.5) is 15.9 Å². The highest BCUT2D eigenvalue weighted by Crippen LogP contribution is 2.36. The summed E-state index contributed by atoms with van der Waals surface area (Å²) in [4.78, 5) is 24.6. The predicted octanol–water partition coefficient (Wildman–Crippen LogP) is 4.19. The van der Waals surface area contributed by atoms with E-state index in [2.05, 4.69) is 26.8 Å². The van der Waals surface area contributed by atoms with Crippen LogP contribution in [-0.2, 0) is 0 Å². The van der Waals surface area contributed by atoms with Gasteiger partial charge < -0.3 is 11.5 Å². The van der Waals surface area contributed by atoms with Gasteiger partial charge in [0, 0.05) is 35.6 Å². The van der Waals surface area contributed by atoms with E-state index in [9.17, 15) is 9.18 Å². The van der Waals surface area contributed by atoms with Gasteiger partial charge in [-0.05, 0) is 61.7 Å². The van der Waals surface area contributed by atoms with Gasteiger partial charge in [0.05, 0.1) is 23.1 Å². The largest absolute Gasteiger partial charge is 0.382 e. The van der Waals surface area contributed by atoms with Crippen LogP contribution in [0.5, 0.6) is 0 Å². The number of anilines is 1. The summed E-state index contributed by atoms with van der Waals surface area (Å²) in [6.07, 6.45) is 2.85. The molecule has 9 heteroatoms. The van der Waals surface area contributed by atoms with E-state index in [-0.39, 0.29) is 17.2 Å². The molecule has 0 aliphatic rings. The van der Waals surface area contributed by atoms with E-state index in [1.54, 1.807) is 19.2 Å². The molecule has 0 saturated carbocycles. The second kappa shape index (κ2) is 9.07. The highest BCUT2D eigenvalue weighted by molar-refractivity contribution is 6.04. The van der Waals surface area contributed by atoms with Crippen LogP contribution < -0.4 is 11.5 Å². The number of halogens is 1. The van der Waals surface area contributed by atoms with Crippen molar-refractivity contribution in [3.63, 3.8) is 0 Å². The van der Waals surface area contributed by atoms with Crippen LogP contribution in [0, 0.1) is 5.82 Å². The molecule has 4 rings (SSSR count). The minimum atomic E-state index is -0.604. The first-order valence-corrected chi connectivity index (χ1v) is 10.3. The van der Waals surface area contributed by atoms with E-state index in [4.69, 9.17) is 11.5 Å². The van der Waals surface area contributed by atoms with Gasteiger partial charge in [0.1, 0.15) is 17.3 Å². The highest BCUT2D eigenvalue weighted by Gasteiger charge is 2.18. The van der Waals surface area contributed by atoms with E-state index in [1.807, 2.05) is 31.2 Å². The quantitative estimate of drug-likeness (QED) is 0.423. The van der Waals surface area contributed by atoms with Crippen molar-refractivity contribution in [1.29, 1.82) is 0 Å². The van der Waals surface area contributed by atoms with E-state index < -0.39 is 5.91 Å². The number of hydrogen-bond donors (Lipinski definition) is 2. The van der Waals surface area contributed by atoms with E-state index in [1.165, 1.54) is 29.2 Å². The second-order valence-corrected chi connectivity index (χ2v) is 7.53. The summed E-state index contributed by atoms with van der Waals surface area (Å²) in [7, 11) is 1.70. The Hall–Kier alpha value is -4.66. The van der Waals surface area contributed by atoms with Crippen molar-refractivity contribution in [2.45, 2.75) is 6.92 Å². The number of carbonyl (C=O) groups excluding carboxylic acids is 1. The molecular formula is C25H22FN7O. The Morgan fingerprint density at radius 3 is 2.44 bits per heavy atom. The van der Waals surface area contributed by atoms with Crippen LogP contribution in [0.1, 0.15) is 22.8 Å². The van der Waals surface area contributed by atoms with Crippen molar-refractivity contribution < 1.29 is 9.18 Å². The molecule has 2 aromatic carbocycles. The molecule has 8 nitrogen and oxygen atoms in total. The van der Waals surface area contributed by atoms with Gasteiger partial charge >= 0.3 is 0 Å². The number of benzene rings is 2. The minimum absolute atomic E-state index is 0.179. The molecule has 34 heavy (non-hydrogen) atoms. The Morgan fingerprint density at radius 1 is 1.12 bits per heavy atom.